The molecule has 0 rings (SSSR count). The fraction of sp³-hybridized carbons (Fsp3) is 0.900. The highest BCUT2D eigenvalue weighted by Gasteiger charge is 2.23. The van der Waals surface area contributed by atoms with Gasteiger partial charge in [-0.1, -0.05) is 0 Å². The van der Waals surface area contributed by atoms with Crippen molar-refractivity contribution in [3.63, 3.8) is 0 Å². The van der Waals surface area contributed by atoms with Gasteiger partial charge < -0.3 is 14.4 Å². The van der Waals surface area contributed by atoms with Crippen LogP contribution in [0.3, 0.4) is 0 Å². The van der Waals surface area contributed by atoms with Crippen molar-refractivity contribution in [2.75, 3.05) is 34.0 Å². The van der Waals surface area contributed by atoms with Crippen LogP contribution < -0.4 is 0 Å². The van der Waals surface area contributed by atoms with Gasteiger partial charge >= 0.3 is 0 Å². The summed E-state index contributed by atoms with van der Waals surface area (Å²) < 4.78 is 9.97. The molecule has 0 radical (unpaired) electrons. The zero-order valence-electron chi connectivity index (χ0n) is 9.83. The van der Waals surface area contributed by atoms with Gasteiger partial charge in [-0.3, -0.25) is 4.79 Å². The van der Waals surface area contributed by atoms with Gasteiger partial charge in [0.1, 0.15) is 5.38 Å². The predicted octanol–water partition coefficient (Wildman–Crippen LogP) is 1.12. The second-order valence-corrected chi connectivity index (χ2v) is 4.10. The lowest BCUT2D eigenvalue weighted by Crippen LogP contribution is -2.45. The van der Waals surface area contributed by atoms with Crippen molar-refractivity contribution in [3.8, 4) is 0 Å². The average Bonchev–Trinajstić information content (AvgIpc) is 2.18. The van der Waals surface area contributed by atoms with E-state index in [2.05, 4.69) is 0 Å². The molecule has 0 aromatic carbocycles. The molecule has 5 heteroatoms. The van der Waals surface area contributed by atoms with Crippen LogP contribution in [0.15, 0.2) is 0 Å². The van der Waals surface area contributed by atoms with E-state index in [1.165, 1.54) is 0 Å². The summed E-state index contributed by atoms with van der Waals surface area (Å²) in [5.41, 5.74) is 0. The Morgan fingerprint density at radius 3 is 2.33 bits per heavy atom. The van der Waals surface area contributed by atoms with Crippen molar-refractivity contribution in [2.45, 2.75) is 25.3 Å². The molecule has 0 heterocycles. The lowest BCUT2D eigenvalue weighted by Gasteiger charge is -2.29. The number of halogens is 1. The molecule has 0 bridgehead atoms. The molecule has 0 aliphatic heterocycles. The number of hydrogen-bond acceptors (Lipinski definition) is 3. The largest absolute Gasteiger partial charge is 0.383 e. The highest BCUT2D eigenvalue weighted by molar-refractivity contribution is 6.30. The van der Waals surface area contributed by atoms with Crippen molar-refractivity contribution >= 4 is 17.5 Å². The van der Waals surface area contributed by atoms with Gasteiger partial charge in [0, 0.05) is 20.8 Å². The highest BCUT2D eigenvalue weighted by Crippen LogP contribution is 2.07. The lowest BCUT2D eigenvalue weighted by molar-refractivity contribution is -0.134. The van der Waals surface area contributed by atoms with Gasteiger partial charge in [-0.2, -0.15) is 0 Å². The summed E-state index contributed by atoms with van der Waals surface area (Å²) in [7, 11) is 3.22. The fourth-order valence-corrected chi connectivity index (χ4v) is 1.42. The van der Waals surface area contributed by atoms with Crippen molar-refractivity contribution in [1.82, 2.24) is 4.90 Å². The van der Waals surface area contributed by atoms with Crippen LogP contribution in [-0.2, 0) is 14.3 Å². The summed E-state index contributed by atoms with van der Waals surface area (Å²) in [4.78, 5) is 13.4. The van der Waals surface area contributed by atoms with E-state index in [1.54, 1.807) is 26.0 Å². The third-order valence-corrected chi connectivity index (χ3v) is 2.29. The first-order chi connectivity index (χ1) is 7.04. The first kappa shape index (κ1) is 14.7. The van der Waals surface area contributed by atoms with Crippen LogP contribution in [0.2, 0.25) is 0 Å². The zero-order chi connectivity index (χ0) is 11.8. The molecule has 1 amide bonds. The fourth-order valence-electron chi connectivity index (χ4n) is 1.30. The highest BCUT2D eigenvalue weighted by atomic mass is 35.5. The molecule has 0 fully saturated rings. The molecule has 2 unspecified atom stereocenters. The summed E-state index contributed by atoms with van der Waals surface area (Å²) in [5.74, 6) is -0.0849. The number of carbonyl (C=O) groups is 1. The van der Waals surface area contributed by atoms with Gasteiger partial charge in [0.05, 0.1) is 19.3 Å². The molecule has 0 aliphatic rings. The maximum absolute atomic E-state index is 11.7. The molecule has 0 saturated carbocycles. The van der Waals surface area contributed by atoms with Gasteiger partial charge in [-0.05, 0) is 13.8 Å². The third kappa shape index (κ3) is 5.35. The Morgan fingerprint density at radius 2 is 1.93 bits per heavy atom. The van der Waals surface area contributed by atoms with Gasteiger partial charge in [0.15, 0.2) is 0 Å². The Kier molecular flexibility index (Phi) is 7.74. The second kappa shape index (κ2) is 7.91. The summed E-state index contributed by atoms with van der Waals surface area (Å²) in [6.07, 6.45) is 0. The van der Waals surface area contributed by atoms with E-state index in [0.29, 0.717) is 19.8 Å². The number of rotatable bonds is 7. The van der Waals surface area contributed by atoms with E-state index in [-0.39, 0.29) is 11.9 Å². The normalized spacial score (nSPS) is 14.7. The first-order valence-corrected chi connectivity index (χ1v) is 5.40. The molecule has 0 aromatic heterocycles. The summed E-state index contributed by atoms with van der Waals surface area (Å²) >= 11 is 5.77. The molecule has 90 valence electrons. The number of amides is 1. The Bertz CT molecular complexity index is 188. The first-order valence-electron chi connectivity index (χ1n) is 4.97. The SMILES string of the molecule is COCCN(C(=O)C(C)Cl)C(C)COC. The summed E-state index contributed by atoms with van der Waals surface area (Å²) in [6, 6.07) is 0.0128. The third-order valence-electron chi connectivity index (χ3n) is 2.10. The van der Waals surface area contributed by atoms with Gasteiger partial charge in [-0.15, -0.1) is 11.6 Å². The smallest absolute Gasteiger partial charge is 0.240 e. The molecule has 0 saturated heterocycles. The van der Waals surface area contributed by atoms with Crippen LogP contribution in [0.1, 0.15) is 13.8 Å². The van der Waals surface area contributed by atoms with Gasteiger partial charge in [-0.25, -0.2) is 0 Å². The molecular weight excluding hydrogens is 218 g/mol. The quantitative estimate of drug-likeness (QED) is 0.623. The number of nitrogens with zero attached hydrogens (tertiary/aromatic N) is 1. The Morgan fingerprint density at radius 1 is 1.33 bits per heavy atom. The zero-order valence-corrected chi connectivity index (χ0v) is 10.6. The maximum atomic E-state index is 11.7. The Balaban J connectivity index is 4.35. The molecule has 0 aliphatic carbocycles. The summed E-state index contributed by atoms with van der Waals surface area (Å²) in [5, 5.41) is -0.513. The second-order valence-electron chi connectivity index (χ2n) is 3.44. The van der Waals surface area contributed by atoms with Crippen LogP contribution >= 0.6 is 11.6 Å². The Hall–Kier alpha value is -0.320. The van der Waals surface area contributed by atoms with Gasteiger partial charge in [0.2, 0.25) is 5.91 Å². The van der Waals surface area contributed by atoms with E-state index in [0.717, 1.165) is 0 Å². The number of hydrogen-bond donors (Lipinski definition) is 0. The Labute approximate surface area is 96.5 Å². The van der Waals surface area contributed by atoms with Crippen molar-refractivity contribution < 1.29 is 14.3 Å². The molecule has 0 N–H and O–H groups in total. The molecule has 15 heavy (non-hydrogen) atoms. The van der Waals surface area contributed by atoms with E-state index in [1.807, 2.05) is 6.92 Å². The topological polar surface area (TPSA) is 38.8 Å². The van der Waals surface area contributed by atoms with E-state index < -0.39 is 5.38 Å². The van der Waals surface area contributed by atoms with E-state index in [9.17, 15) is 4.79 Å². The number of carbonyl (C=O) groups excluding carboxylic acids is 1. The van der Waals surface area contributed by atoms with Crippen LogP contribution in [0.25, 0.3) is 0 Å². The minimum absolute atomic E-state index is 0.0128. The van der Waals surface area contributed by atoms with Crippen LogP contribution in [0, 0.1) is 0 Å². The minimum Gasteiger partial charge on any atom is -0.383 e. The molecular formula is C10H20ClNO3. The van der Waals surface area contributed by atoms with Gasteiger partial charge in [0.25, 0.3) is 0 Å². The van der Waals surface area contributed by atoms with Crippen molar-refractivity contribution in [2.24, 2.45) is 0 Å². The van der Waals surface area contributed by atoms with Crippen molar-refractivity contribution in [3.05, 3.63) is 0 Å². The molecule has 2 atom stereocenters. The molecule has 0 aromatic rings. The van der Waals surface area contributed by atoms with Crippen molar-refractivity contribution in [1.29, 1.82) is 0 Å². The van der Waals surface area contributed by atoms with Crippen LogP contribution in [-0.4, -0.2) is 56.2 Å². The standard InChI is InChI=1S/C10H20ClNO3/c1-8(7-15-4)12(5-6-14-3)10(13)9(2)11/h8-9H,5-7H2,1-4H3. The number of methoxy groups -OCH3 is 2. The lowest BCUT2D eigenvalue weighted by atomic mass is 10.2. The molecule has 4 nitrogen and oxygen atoms in total. The minimum atomic E-state index is -0.513. The monoisotopic (exact) mass is 237 g/mol. The number of ether oxygens (including phenoxy) is 2. The predicted molar refractivity (Wildman–Crippen MR) is 60.2 cm³/mol. The van der Waals surface area contributed by atoms with E-state index >= 15 is 0 Å². The molecule has 0 spiro atoms. The summed E-state index contributed by atoms with van der Waals surface area (Å²) in [6.45, 7) is 5.14. The van der Waals surface area contributed by atoms with E-state index in [4.69, 9.17) is 21.1 Å². The average molecular weight is 238 g/mol. The van der Waals surface area contributed by atoms with Crippen LogP contribution in [0.4, 0.5) is 0 Å². The maximum Gasteiger partial charge on any atom is 0.240 e. The number of alkyl halides is 1. The van der Waals surface area contributed by atoms with Crippen LogP contribution in [0.5, 0.6) is 0 Å².